The Bertz CT molecular complexity index is 875. The molecule has 0 bridgehead atoms. The second-order valence-corrected chi connectivity index (χ2v) is 10.4. The van der Waals surface area contributed by atoms with E-state index in [-0.39, 0.29) is 6.04 Å². The van der Waals surface area contributed by atoms with E-state index in [1.54, 1.807) is 17.5 Å². The average Bonchev–Trinajstić information content (AvgIpc) is 3.36. The van der Waals surface area contributed by atoms with Crippen LogP contribution in [0.2, 0.25) is 0 Å². The third-order valence-electron chi connectivity index (χ3n) is 5.65. The van der Waals surface area contributed by atoms with Crippen LogP contribution in [0.4, 0.5) is 5.69 Å². The molecule has 0 aliphatic carbocycles. The van der Waals surface area contributed by atoms with E-state index in [1.807, 2.05) is 0 Å². The highest BCUT2D eigenvalue weighted by Crippen LogP contribution is 2.32. The number of nitrogens with one attached hydrogen (secondary N) is 1. The van der Waals surface area contributed by atoms with Crippen molar-refractivity contribution < 1.29 is 8.42 Å². The van der Waals surface area contributed by atoms with Crippen LogP contribution in [0.15, 0.2) is 39.9 Å². The van der Waals surface area contributed by atoms with Crippen LogP contribution in [0.5, 0.6) is 0 Å². The molecule has 0 saturated carbocycles. The first-order valence-electron chi connectivity index (χ1n) is 9.66. The fourth-order valence-corrected chi connectivity index (χ4v) is 6.28. The third kappa shape index (κ3) is 4.06. The normalized spacial score (nSPS) is 19.2. The van der Waals surface area contributed by atoms with Gasteiger partial charge in [-0.05, 0) is 67.4 Å². The van der Waals surface area contributed by atoms with E-state index in [0.717, 1.165) is 26.1 Å². The molecular weight excluding hydrogens is 378 g/mol. The summed E-state index contributed by atoms with van der Waals surface area (Å²) >= 11 is 1.26. The summed E-state index contributed by atoms with van der Waals surface area (Å²) in [6.45, 7) is 3.57. The number of hydrogen-bond acceptors (Lipinski definition) is 5. The van der Waals surface area contributed by atoms with Gasteiger partial charge in [-0.25, -0.2) is 13.1 Å². The van der Waals surface area contributed by atoms with Crippen molar-refractivity contribution in [2.24, 2.45) is 0 Å². The standard InChI is InChI=1S/C20H27N3O2S2/c1-22-10-4-6-16-14-17(8-9-18(16)22)19(23-11-2-3-12-23)15-21-27(24,25)20-7-5-13-26-20/h5,7-9,13-14,19,21H,2-4,6,10-12,15H2,1H3. The Morgan fingerprint density at radius 2 is 1.96 bits per heavy atom. The molecule has 1 saturated heterocycles. The molecule has 2 aliphatic rings. The number of benzene rings is 1. The number of anilines is 1. The van der Waals surface area contributed by atoms with Crippen molar-refractivity contribution in [1.82, 2.24) is 9.62 Å². The Balaban J connectivity index is 1.58. The van der Waals surface area contributed by atoms with Gasteiger partial charge in [0.1, 0.15) is 4.21 Å². The molecule has 27 heavy (non-hydrogen) atoms. The molecular formula is C20H27N3O2S2. The summed E-state index contributed by atoms with van der Waals surface area (Å²) in [5.74, 6) is 0. The highest BCUT2D eigenvalue weighted by molar-refractivity contribution is 7.91. The minimum absolute atomic E-state index is 0.0831. The number of nitrogens with zero attached hydrogens (tertiary/aromatic N) is 2. The van der Waals surface area contributed by atoms with Crippen LogP contribution in [0.3, 0.4) is 0 Å². The lowest BCUT2D eigenvalue weighted by molar-refractivity contribution is 0.246. The molecule has 1 atom stereocenters. The van der Waals surface area contributed by atoms with E-state index < -0.39 is 10.0 Å². The van der Waals surface area contributed by atoms with Crippen molar-refractivity contribution in [1.29, 1.82) is 0 Å². The number of rotatable bonds is 6. The second kappa shape index (κ2) is 7.91. The second-order valence-electron chi connectivity index (χ2n) is 7.46. The van der Waals surface area contributed by atoms with Gasteiger partial charge in [0.05, 0.1) is 0 Å². The lowest BCUT2D eigenvalue weighted by Gasteiger charge is -2.31. The van der Waals surface area contributed by atoms with Crippen LogP contribution in [-0.4, -0.2) is 46.5 Å². The summed E-state index contributed by atoms with van der Waals surface area (Å²) in [5.41, 5.74) is 3.91. The molecule has 146 valence electrons. The smallest absolute Gasteiger partial charge is 0.250 e. The van der Waals surface area contributed by atoms with Crippen LogP contribution < -0.4 is 9.62 Å². The summed E-state index contributed by atoms with van der Waals surface area (Å²) in [6, 6.07) is 10.2. The summed E-state index contributed by atoms with van der Waals surface area (Å²) in [7, 11) is -1.30. The molecule has 1 aromatic heterocycles. The van der Waals surface area contributed by atoms with Gasteiger partial charge in [0, 0.05) is 31.9 Å². The van der Waals surface area contributed by atoms with Gasteiger partial charge < -0.3 is 4.90 Å². The minimum Gasteiger partial charge on any atom is -0.374 e. The van der Waals surface area contributed by atoms with Crippen molar-refractivity contribution in [3.63, 3.8) is 0 Å². The molecule has 0 radical (unpaired) electrons. The minimum atomic E-state index is -3.44. The average molecular weight is 406 g/mol. The first-order chi connectivity index (χ1) is 13.0. The number of likely N-dealkylation sites (tertiary alicyclic amines) is 1. The molecule has 1 unspecified atom stereocenters. The van der Waals surface area contributed by atoms with E-state index in [9.17, 15) is 8.42 Å². The monoisotopic (exact) mass is 405 g/mol. The molecule has 2 aliphatic heterocycles. The number of thiophene rings is 1. The van der Waals surface area contributed by atoms with Gasteiger partial charge in [0.15, 0.2) is 0 Å². The van der Waals surface area contributed by atoms with Gasteiger partial charge in [-0.15, -0.1) is 11.3 Å². The molecule has 4 rings (SSSR count). The maximum atomic E-state index is 12.6. The molecule has 0 amide bonds. The summed E-state index contributed by atoms with van der Waals surface area (Å²) < 4.78 is 28.4. The lowest BCUT2D eigenvalue weighted by Crippen LogP contribution is -2.36. The quantitative estimate of drug-likeness (QED) is 0.802. The van der Waals surface area contributed by atoms with Gasteiger partial charge in [0.25, 0.3) is 0 Å². The predicted octanol–water partition coefficient (Wildman–Crippen LogP) is 3.25. The highest BCUT2D eigenvalue weighted by atomic mass is 32.2. The van der Waals surface area contributed by atoms with Gasteiger partial charge in [0.2, 0.25) is 10.0 Å². The number of fused-ring (bicyclic) bond motifs is 1. The Labute approximate surface area is 166 Å². The molecule has 3 heterocycles. The van der Waals surface area contributed by atoms with Crippen molar-refractivity contribution in [2.75, 3.05) is 38.1 Å². The van der Waals surface area contributed by atoms with Crippen LogP contribution in [-0.2, 0) is 16.4 Å². The van der Waals surface area contributed by atoms with Crippen molar-refractivity contribution >= 4 is 27.0 Å². The van der Waals surface area contributed by atoms with Gasteiger partial charge >= 0.3 is 0 Å². The van der Waals surface area contributed by atoms with Crippen molar-refractivity contribution in [2.45, 2.75) is 35.9 Å². The molecule has 1 N–H and O–H groups in total. The highest BCUT2D eigenvalue weighted by Gasteiger charge is 2.27. The maximum Gasteiger partial charge on any atom is 0.250 e. The summed E-state index contributed by atoms with van der Waals surface area (Å²) in [6.07, 6.45) is 4.64. The van der Waals surface area contributed by atoms with E-state index in [1.165, 1.54) is 47.4 Å². The van der Waals surface area contributed by atoms with Crippen LogP contribution in [0.1, 0.15) is 36.4 Å². The SMILES string of the molecule is CN1CCCc2cc(C(CNS(=O)(=O)c3cccs3)N3CCCC3)ccc21. The molecule has 5 nitrogen and oxygen atoms in total. The first kappa shape index (κ1) is 18.9. The van der Waals surface area contributed by atoms with E-state index in [0.29, 0.717) is 10.8 Å². The fraction of sp³-hybridized carbons (Fsp3) is 0.500. The Morgan fingerprint density at radius 3 is 2.70 bits per heavy atom. The van der Waals surface area contributed by atoms with E-state index in [4.69, 9.17) is 0 Å². The number of sulfonamides is 1. The molecule has 1 fully saturated rings. The maximum absolute atomic E-state index is 12.6. The summed E-state index contributed by atoms with van der Waals surface area (Å²) in [5, 5.41) is 1.80. The number of aryl methyl sites for hydroxylation is 1. The molecule has 1 aromatic carbocycles. The van der Waals surface area contributed by atoms with Gasteiger partial charge in [-0.3, -0.25) is 4.90 Å². The van der Waals surface area contributed by atoms with Crippen molar-refractivity contribution in [3.8, 4) is 0 Å². The zero-order valence-corrected chi connectivity index (χ0v) is 17.4. The fourth-order valence-electron chi connectivity index (χ4n) is 4.20. The van der Waals surface area contributed by atoms with Crippen molar-refractivity contribution in [3.05, 3.63) is 46.8 Å². The first-order valence-corrected chi connectivity index (χ1v) is 12.0. The van der Waals surface area contributed by atoms with Gasteiger partial charge in [-0.1, -0.05) is 18.2 Å². The van der Waals surface area contributed by atoms with E-state index >= 15 is 0 Å². The number of hydrogen-bond donors (Lipinski definition) is 1. The largest absolute Gasteiger partial charge is 0.374 e. The zero-order chi connectivity index (χ0) is 18.9. The van der Waals surface area contributed by atoms with Crippen LogP contribution in [0, 0.1) is 0 Å². The molecule has 0 spiro atoms. The van der Waals surface area contributed by atoms with E-state index in [2.05, 4.69) is 39.8 Å². The Kier molecular flexibility index (Phi) is 5.55. The Morgan fingerprint density at radius 1 is 1.15 bits per heavy atom. The molecule has 2 aromatic rings. The Hall–Kier alpha value is -1.41. The van der Waals surface area contributed by atoms with Crippen LogP contribution in [0.25, 0.3) is 0 Å². The topological polar surface area (TPSA) is 52.7 Å². The predicted molar refractivity (Wildman–Crippen MR) is 111 cm³/mol. The van der Waals surface area contributed by atoms with Crippen LogP contribution >= 0.6 is 11.3 Å². The summed E-state index contributed by atoms with van der Waals surface area (Å²) in [4.78, 5) is 4.73. The zero-order valence-electron chi connectivity index (χ0n) is 15.7. The third-order valence-corrected chi connectivity index (χ3v) is 8.47. The van der Waals surface area contributed by atoms with Gasteiger partial charge in [-0.2, -0.15) is 0 Å². The lowest BCUT2D eigenvalue weighted by atomic mass is 9.96. The molecule has 7 heteroatoms.